The summed E-state index contributed by atoms with van der Waals surface area (Å²) in [5.41, 5.74) is 2.58. The predicted molar refractivity (Wildman–Crippen MR) is 148 cm³/mol. The molecule has 0 saturated carbocycles. The predicted octanol–water partition coefficient (Wildman–Crippen LogP) is 3.44. The van der Waals surface area contributed by atoms with E-state index < -0.39 is 23.4 Å². The van der Waals surface area contributed by atoms with Gasteiger partial charge in [-0.1, -0.05) is 60.4 Å². The minimum absolute atomic E-state index is 0.125. The second-order valence-electron chi connectivity index (χ2n) is 10.3. The Kier molecular flexibility index (Phi) is 7.75. The smallest absolute Gasteiger partial charge is 0.451 e. The molecule has 0 saturated heterocycles. The van der Waals surface area contributed by atoms with E-state index in [0.717, 1.165) is 28.7 Å². The van der Waals surface area contributed by atoms with Gasteiger partial charge in [0.05, 0.1) is 6.42 Å². The highest BCUT2D eigenvalue weighted by molar-refractivity contribution is 6.38. The van der Waals surface area contributed by atoms with Gasteiger partial charge in [-0.25, -0.2) is 14.2 Å². The average Bonchev–Trinajstić information content (AvgIpc) is 3.67. The van der Waals surface area contributed by atoms with Crippen LogP contribution in [0.3, 0.4) is 0 Å². The summed E-state index contributed by atoms with van der Waals surface area (Å²) in [6, 6.07) is 14.9. The quantitative estimate of drug-likeness (QED) is 0.219. The Labute approximate surface area is 235 Å². The number of carbonyl (C=O) groups is 1. The molecule has 1 atom stereocenters. The van der Waals surface area contributed by atoms with E-state index >= 15 is 0 Å². The molecular formula is C29H31N6O6+. The molecule has 212 valence electrons. The van der Waals surface area contributed by atoms with Crippen molar-refractivity contribution >= 4 is 17.5 Å². The monoisotopic (exact) mass is 559 g/mol. The van der Waals surface area contributed by atoms with Crippen molar-refractivity contribution in [1.82, 2.24) is 20.6 Å². The molecule has 4 aromatic rings. The lowest BCUT2D eigenvalue weighted by Crippen LogP contribution is -2.45. The summed E-state index contributed by atoms with van der Waals surface area (Å²) in [4.78, 5) is 29.6. The van der Waals surface area contributed by atoms with E-state index in [0.29, 0.717) is 24.6 Å². The summed E-state index contributed by atoms with van der Waals surface area (Å²) in [5.74, 6) is 0.0150. The number of amidine groups is 1. The second kappa shape index (κ2) is 11.4. The summed E-state index contributed by atoms with van der Waals surface area (Å²) in [5, 5.41) is 25.3. The van der Waals surface area contributed by atoms with Crippen LogP contribution in [0.25, 0.3) is 22.5 Å². The Bertz CT molecular complexity index is 1660. The number of esters is 1. The highest BCUT2D eigenvalue weighted by Gasteiger charge is 2.49. The van der Waals surface area contributed by atoms with E-state index in [1.165, 1.54) is 0 Å². The number of benzene rings is 2. The summed E-state index contributed by atoms with van der Waals surface area (Å²) in [6.45, 7) is 6.84. The molecular weight excluding hydrogens is 528 g/mol. The number of ether oxygens (including phenoxy) is 1. The van der Waals surface area contributed by atoms with Crippen molar-refractivity contribution in [3.8, 4) is 22.5 Å². The fraction of sp³-hybridized carbons (Fsp3) is 0.345. The normalized spacial score (nSPS) is 15.3. The number of carbonyl (C=O) groups excluding carboxylic acids is 1. The first-order chi connectivity index (χ1) is 19.7. The van der Waals surface area contributed by atoms with Crippen LogP contribution in [0.2, 0.25) is 0 Å². The van der Waals surface area contributed by atoms with Crippen LogP contribution in [0.4, 0.5) is 0 Å². The van der Waals surface area contributed by atoms with Crippen LogP contribution in [0.5, 0.6) is 0 Å². The number of tetrazole rings is 1. The van der Waals surface area contributed by atoms with Gasteiger partial charge >= 0.3 is 11.8 Å². The molecule has 0 spiro atoms. The summed E-state index contributed by atoms with van der Waals surface area (Å²) in [6.07, 6.45) is 1.40. The van der Waals surface area contributed by atoms with E-state index in [1.807, 2.05) is 60.0 Å². The Balaban J connectivity index is 1.46. The number of aromatic nitrogens is 4. The number of rotatable bonds is 10. The third-order valence-electron chi connectivity index (χ3n) is 6.78. The summed E-state index contributed by atoms with van der Waals surface area (Å²) >= 11 is 0. The van der Waals surface area contributed by atoms with Gasteiger partial charge in [-0.05, 0) is 49.1 Å². The fourth-order valence-electron chi connectivity index (χ4n) is 4.77. The van der Waals surface area contributed by atoms with Crippen LogP contribution in [0.15, 0.2) is 67.2 Å². The summed E-state index contributed by atoms with van der Waals surface area (Å²) < 4.78 is 17.2. The van der Waals surface area contributed by atoms with Gasteiger partial charge in [-0.2, -0.15) is 5.21 Å². The van der Waals surface area contributed by atoms with Gasteiger partial charge in [0.1, 0.15) is 12.1 Å². The minimum atomic E-state index is -1.33. The van der Waals surface area contributed by atoms with Gasteiger partial charge in [0.2, 0.25) is 17.6 Å². The SMILES string of the molecule is CCCC1=NC(C(C)(C)O)C(C(=O)OCc2oc(=O)oc2C)=[N+]1Cc1ccc(-c2ccccc2-c2nn[nH]n2)cc1. The number of nitrogens with zero attached hydrogens (tertiary/aromatic N) is 5. The maximum Gasteiger partial charge on any atom is 0.519 e. The van der Waals surface area contributed by atoms with Crippen LogP contribution < -0.4 is 5.82 Å². The van der Waals surface area contributed by atoms with E-state index in [-0.39, 0.29) is 23.8 Å². The molecule has 1 unspecified atom stereocenters. The lowest BCUT2D eigenvalue weighted by Gasteiger charge is -2.19. The molecule has 5 rings (SSSR count). The molecule has 41 heavy (non-hydrogen) atoms. The maximum atomic E-state index is 13.5. The zero-order valence-corrected chi connectivity index (χ0v) is 23.2. The molecule has 3 heterocycles. The van der Waals surface area contributed by atoms with Crippen molar-refractivity contribution in [1.29, 1.82) is 0 Å². The molecule has 12 nitrogen and oxygen atoms in total. The van der Waals surface area contributed by atoms with Crippen molar-refractivity contribution in [3.63, 3.8) is 0 Å². The standard InChI is InChI=1S/C29H30N6O6/c1-5-8-23-30-25(29(3,4)38)24(27(36)39-16-22-17(2)40-28(37)41-22)35(23)15-18-11-13-19(14-12-18)20-9-6-7-10-21(20)26-31-33-34-32-26/h6-7,9-14,25,38H,5,8,15-16H2,1-4H3/p+1. The summed E-state index contributed by atoms with van der Waals surface area (Å²) in [7, 11) is 0. The number of aromatic amines is 1. The fourth-order valence-corrected chi connectivity index (χ4v) is 4.77. The van der Waals surface area contributed by atoms with Crippen molar-refractivity contribution in [2.45, 2.75) is 65.3 Å². The molecule has 2 aromatic heterocycles. The second-order valence-corrected chi connectivity index (χ2v) is 10.3. The van der Waals surface area contributed by atoms with Crippen LogP contribution >= 0.6 is 0 Å². The number of hydrogen-bond acceptors (Lipinski definition) is 10. The highest BCUT2D eigenvalue weighted by Crippen LogP contribution is 2.30. The number of aliphatic imine (C=N–C) groups is 1. The molecule has 0 radical (unpaired) electrons. The Morgan fingerprint density at radius 2 is 1.85 bits per heavy atom. The van der Waals surface area contributed by atoms with Crippen LogP contribution in [0, 0.1) is 6.92 Å². The molecule has 12 heteroatoms. The van der Waals surface area contributed by atoms with E-state index in [2.05, 4.69) is 20.6 Å². The first kappa shape index (κ1) is 27.8. The van der Waals surface area contributed by atoms with Gasteiger partial charge in [0, 0.05) is 5.56 Å². The van der Waals surface area contributed by atoms with Crippen LogP contribution in [0.1, 0.15) is 50.7 Å². The van der Waals surface area contributed by atoms with Gasteiger partial charge in [-0.3, -0.25) is 0 Å². The Morgan fingerprint density at radius 3 is 2.46 bits per heavy atom. The topological polar surface area (TPSA) is 160 Å². The lowest BCUT2D eigenvalue weighted by atomic mass is 9.95. The molecule has 1 aliphatic heterocycles. The number of aliphatic hydroxyl groups is 1. The van der Waals surface area contributed by atoms with Crippen molar-refractivity contribution < 1.29 is 28.0 Å². The first-order valence-corrected chi connectivity index (χ1v) is 13.3. The molecule has 0 aliphatic carbocycles. The largest absolute Gasteiger partial charge is 0.519 e. The van der Waals surface area contributed by atoms with Gasteiger partial charge < -0.3 is 18.7 Å². The zero-order chi connectivity index (χ0) is 29.1. The molecule has 0 amide bonds. The first-order valence-electron chi connectivity index (χ1n) is 13.3. The highest BCUT2D eigenvalue weighted by atomic mass is 16.6. The van der Waals surface area contributed by atoms with Crippen molar-refractivity contribution in [2.75, 3.05) is 0 Å². The van der Waals surface area contributed by atoms with Crippen LogP contribution in [-0.4, -0.2) is 59.5 Å². The third kappa shape index (κ3) is 5.92. The Hall–Kier alpha value is -4.71. The molecule has 2 aromatic carbocycles. The van der Waals surface area contributed by atoms with Crippen LogP contribution in [-0.2, 0) is 22.7 Å². The minimum Gasteiger partial charge on any atom is -0.451 e. The van der Waals surface area contributed by atoms with Gasteiger partial charge in [-0.15, -0.1) is 10.2 Å². The van der Waals surface area contributed by atoms with Crippen molar-refractivity contribution in [2.24, 2.45) is 4.99 Å². The van der Waals surface area contributed by atoms with Gasteiger partial charge in [0.25, 0.3) is 5.84 Å². The number of aryl methyl sites for hydroxylation is 1. The number of H-pyrrole nitrogens is 1. The molecule has 2 N–H and O–H groups in total. The molecule has 0 fully saturated rings. The third-order valence-corrected chi connectivity index (χ3v) is 6.78. The maximum absolute atomic E-state index is 13.5. The lowest BCUT2D eigenvalue weighted by molar-refractivity contribution is -0.426. The zero-order valence-electron chi connectivity index (χ0n) is 23.2. The van der Waals surface area contributed by atoms with Crippen molar-refractivity contribution in [3.05, 3.63) is 76.2 Å². The van der Waals surface area contributed by atoms with E-state index in [9.17, 15) is 14.7 Å². The average molecular weight is 560 g/mol. The van der Waals surface area contributed by atoms with Gasteiger partial charge in [0.15, 0.2) is 18.1 Å². The van der Waals surface area contributed by atoms with E-state index in [4.69, 9.17) is 18.6 Å². The van der Waals surface area contributed by atoms with E-state index in [1.54, 1.807) is 20.8 Å². The number of hydrogen-bond donors (Lipinski definition) is 2. The number of nitrogens with one attached hydrogen (secondary N) is 1. The molecule has 0 bridgehead atoms. The Morgan fingerprint density at radius 1 is 1.12 bits per heavy atom. The molecule has 1 aliphatic rings.